The molecule has 19 heavy (non-hydrogen) atoms. The predicted octanol–water partition coefficient (Wildman–Crippen LogP) is 2.07. The van der Waals surface area contributed by atoms with Gasteiger partial charge in [0, 0.05) is 13.0 Å². The molecule has 104 valence electrons. The van der Waals surface area contributed by atoms with Crippen LogP contribution in [0.15, 0.2) is 24.3 Å². The molecule has 1 rings (SSSR count). The molecule has 0 spiro atoms. The molecule has 0 aliphatic heterocycles. The monoisotopic (exact) mass is 284 g/mol. The third-order valence-electron chi connectivity index (χ3n) is 2.86. The molecule has 1 aromatic carbocycles. The molecule has 1 amide bonds. The first-order valence-corrected chi connectivity index (χ1v) is 6.27. The summed E-state index contributed by atoms with van der Waals surface area (Å²) in [6.45, 7) is 1.94. The Morgan fingerprint density at radius 2 is 2.05 bits per heavy atom. The summed E-state index contributed by atoms with van der Waals surface area (Å²) in [5, 5.41) is 12.0. The minimum Gasteiger partial charge on any atom is -0.480 e. The standard InChI is InChI=1S/C13H17ClN2O3/c1-9(13(18)19)16(2)8-7-12(17)15-11-6-4-3-5-10(11)14/h3-6,9H,7-8H2,1-2H3,(H,15,17)(H,18,19). The summed E-state index contributed by atoms with van der Waals surface area (Å²) >= 11 is 5.92. The summed E-state index contributed by atoms with van der Waals surface area (Å²) in [6.07, 6.45) is 0.208. The minimum atomic E-state index is -0.908. The number of aliphatic carboxylic acids is 1. The van der Waals surface area contributed by atoms with Gasteiger partial charge < -0.3 is 10.4 Å². The van der Waals surface area contributed by atoms with Gasteiger partial charge in [0.15, 0.2) is 0 Å². The first kappa shape index (κ1) is 15.5. The minimum absolute atomic E-state index is 0.197. The van der Waals surface area contributed by atoms with Crippen molar-refractivity contribution in [2.75, 3.05) is 18.9 Å². The van der Waals surface area contributed by atoms with Gasteiger partial charge in [-0.3, -0.25) is 14.5 Å². The Balaban J connectivity index is 2.45. The van der Waals surface area contributed by atoms with Gasteiger partial charge in [-0.05, 0) is 26.1 Å². The number of nitrogens with one attached hydrogen (secondary N) is 1. The van der Waals surface area contributed by atoms with E-state index in [1.165, 1.54) is 0 Å². The quantitative estimate of drug-likeness (QED) is 0.839. The van der Waals surface area contributed by atoms with Gasteiger partial charge in [0.05, 0.1) is 10.7 Å². The van der Waals surface area contributed by atoms with Gasteiger partial charge in [0.1, 0.15) is 6.04 Å². The number of carboxylic acids is 1. The smallest absolute Gasteiger partial charge is 0.320 e. The number of para-hydroxylation sites is 1. The van der Waals surface area contributed by atoms with Crippen LogP contribution < -0.4 is 5.32 Å². The van der Waals surface area contributed by atoms with Crippen molar-refractivity contribution >= 4 is 29.2 Å². The number of benzene rings is 1. The summed E-state index contributed by atoms with van der Waals surface area (Å²) in [6, 6.07) is 6.34. The van der Waals surface area contributed by atoms with Gasteiger partial charge in [-0.25, -0.2) is 0 Å². The van der Waals surface area contributed by atoms with Gasteiger partial charge in [-0.1, -0.05) is 23.7 Å². The van der Waals surface area contributed by atoms with E-state index in [1.807, 2.05) is 0 Å². The van der Waals surface area contributed by atoms with Crippen LogP contribution in [0.3, 0.4) is 0 Å². The third-order valence-corrected chi connectivity index (χ3v) is 3.19. The lowest BCUT2D eigenvalue weighted by molar-refractivity contribution is -0.142. The zero-order valence-electron chi connectivity index (χ0n) is 10.9. The van der Waals surface area contributed by atoms with Crippen LogP contribution in [0.4, 0.5) is 5.69 Å². The Labute approximate surface area is 117 Å². The number of likely N-dealkylation sites (N-methyl/N-ethyl adjacent to an activating group) is 1. The van der Waals surface area contributed by atoms with Crippen LogP contribution >= 0.6 is 11.6 Å². The van der Waals surface area contributed by atoms with E-state index in [0.29, 0.717) is 17.3 Å². The van der Waals surface area contributed by atoms with Gasteiger partial charge in [0.25, 0.3) is 0 Å². The lowest BCUT2D eigenvalue weighted by atomic mass is 10.2. The van der Waals surface area contributed by atoms with Crippen molar-refractivity contribution in [2.24, 2.45) is 0 Å². The van der Waals surface area contributed by atoms with Crippen molar-refractivity contribution in [3.8, 4) is 0 Å². The molecule has 0 heterocycles. The molecule has 0 bridgehead atoms. The number of carbonyl (C=O) groups excluding carboxylic acids is 1. The Morgan fingerprint density at radius 1 is 1.42 bits per heavy atom. The number of carboxylic acid groups (broad SMARTS) is 1. The number of amides is 1. The van der Waals surface area contributed by atoms with Crippen LogP contribution in [-0.2, 0) is 9.59 Å². The molecule has 0 aliphatic carbocycles. The third kappa shape index (κ3) is 4.89. The highest BCUT2D eigenvalue weighted by Gasteiger charge is 2.17. The molecule has 0 saturated carbocycles. The van der Waals surface area contributed by atoms with Crippen molar-refractivity contribution in [1.82, 2.24) is 4.90 Å². The first-order valence-electron chi connectivity index (χ1n) is 5.89. The average Bonchev–Trinajstić information content (AvgIpc) is 2.37. The molecule has 2 N–H and O–H groups in total. The predicted molar refractivity (Wildman–Crippen MR) is 74.4 cm³/mol. The van der Waals surface area contributed by atoms with E-state index >= 15 is 0 Å². The topological polar surface area (TPSA) is 69.6 Å². The maximum atomic E-state index is 11.7. The number of carbonyl (C=O) groups is 2. The van der Waals surface area contributed by atoms with Crippen molar-refractivity contribution in [3.63, 3.8) is 0 Å². The van der Waals surface area contributed by atoms with E-state index in [4.69, 9.17) is 16.7 Å². The average molecular weight is 285 g/mol. The van der Waals surface area contributed by atoms with Crippen molar-refractivity contribution in [2.45, 2.75) is 19.4 Å². The lowest BCUT2D eigenvalue weighted by Crippen LogP contribution is -2.37. The highest BCUT2D eigenvalue weighted by Crippen LogP contribution is 2.20. The highest BCUT2D eigenvalue weighted by molar-refractivity contribution is 6.33. The number of rotatable bonds is 6. The fourth-order valence-corrected chi connectivity index (χ4v) is 1.62. The summed E-state index contributed by atoms with van der Waals surface area (Å²) in [7, 11) is 1.67. The molecule has 1 unspecified atom stereocenters. The largest absolute Gasteiger partial charge is 0.480 e. The highest BCUT2D eigenvalue weighted by atomic mass is 35.5. The van der Waals surface area contributed by atoms with Crippen molar-refractivity contribution < 1.29 is 14.7 Å². The SMILES string of the molecule is CC(C(=O)O)N(C)CCC(=O)Nc1ccccc1Cl. The summed E-state index contributed by atoms with van der Waals surface area (Å²) in [5.41, 5.74) is 0.558. The van der Waals surface area contributed by atoms with Crippen LogP contribution in [-0.4, -0.2) is 41.5 Å². The first-order chi connectivity index (χ1) is 8.91. The number of hydrogen-bond donors (Lipinski definition) is 2. The number of halogens is 1. The molecule has 0 fully saturated rings. The van der Waals surface area contributed by atoms with E-state index in [1.54, 1.807) is 43.1 Å². The second-order valence-corrected chi connectivity index (χ2v) is 4.68. The second-order valence-electron chi connectivity index (χ2n) is 4.27. The van der Waals surface area contributed by atoms with E-state index in [0.717, 1.165) is 0 Å². The van der Waals surface area contributed by atoms with Crippen molar-refractivity contribution in [3.05, 3.63) is 29.3 Å². The van der Waals surface area contributed by atoms with Crippen LogP contribution in [0.1, 0.15) is 13.3 Å². The number of nitrogens with zero attached hydrogens (tertiary/aromatic N) is 1. The normalized spacial score (nSPS) is 12.2. The van der Waals surface area contributed by atoms with Crippen LogP contribution in [0.2, 0.25) is 5.02 Å². The Hall–Kier alpha value is -1.59. The fourth-order valence-electron chi connectivity index (χ4n) is 1.44. The zero-order valence-corrected chi connectivity index (χ0v) is 11.6. The van der Waals surface area contributed by atoms with Gasteiger partial charge in [-0.15, -0.1) is 0 Å². The Kier molecular flexibility index (Phi) is 5.79. The summed E-state index contributed by atoms with van der Waals surface area (Å²) < 4.78 is 0. The van der Waals surface area contributed by atoms with E-state index in [-0.39, 0.29) is 12.3 Å². The van der Waals surface area contributed by atoms with Crippen LogP contribution in [0.5, 0.6) is 0 Å². The maximum absolute atomic E-state index is 11.7. The molecular formula is C13H17ClN2O3. The molecule has 0 aromatic heterocycles. The molecule has 5 nitrogen and oxygen atoms in total. The van der Waals surface area contributed by atoms with Gasteiger partial charge in [-0.2, -0.15) is 0 Å². The Bertz CT molecular complexity index is 465. The molecule has 0 saturated heterocycles. The van der Waals surface area contributed by atoms with E-state index < -0.39 is 12.0 Å². The van der Waals surface area contributed by atoms with E-state index in [9.17, 15) is 9.59 Å². The van der Waals surface area contributed by atoms with Crippen LogP contribution in [0.25, 0.3) is 0 Å². The molecule has 0 aliphatic rings. The fraction of sp³-hybridized carbons (Fsp3) is 0.385. The molecular weight excluding hydrogens is 268 g/mol. The number of hydrogen-bond acceptors (Lipinski definition) is 3. The zero-order chi connectivity index (χ0) is 14.4. The Morgan fingerprint density at radius 3 is 2.63 bits per heavy atom. The van der Waals surface area contributed by atoms with Crippen molar-refractivity contribution in [1.29, 1.82) is 0 Å². The second kappa shape index (κ2) is 7.11. The molecule has 1 atom stereocenters. The molecule has 1 aromatic rings. The summed E-state index contributed by atoms with van der Waals surface area (Å²) in [5.74, 6) is -1.11. The van der Waals surface area contributed by atoms with Gasteiger partial charge >= 0.3 is 5.97 Å². The number of anilines is 1. The summed E-state index contributed by atoms with van der Waals surface area (Å²) in [4.78, 5) is 24.1. The van der Waals surface area contributed by atoms with E-state index in [2.05, 4.69) is 5.32 Å². The molecule has 6 heteroatoms. The molecule has 0 radical (unpaired) electrons. The maximum Gasteiger partial charge on any atom is 0.320 e. The lowest BCUT2D eigenvalue weighted by Gasteiger charge is -2.20. The van der Waals surface area contributed by atoms with Gasteiger partial charge in [0.2, 0.25) is 5.91 Å². The van der Waals surface area contributed by atoms with Crippen LogP contribution in [0, 0.1) is 0 Å².